The van der Waals surface area contributed by atoms with E-state index in [-0.39, 0.29) is 11.5 Å². The molecule has 0 amide bonds. The van der Waals surface area contributed by atoms with Gasteiger partial charge in [-0.25, -0.2) is 0 Å². The highest BCUT2D eigenvalue weighted by atomic mass is 16.3. The van der Waals surface area contributed by atoms with Crippen molar-refractivity contribution in [1.29, 1.82) is 0 Å². The maximum absolute atomic E-state index is 11.0. The van der Waals surface area contributed by atoms with Gasteiger partial charge in [0.25, 0.3) is 0 Å². The van der Waals surface area contributed by atoms with E-state index in [2.05, 4.69) is 36.4 Å². The maximum Gasteiger partial charge on any atom is 0.121 e. The van der Waals surface area contributed by atoms with Gasteiger partial charge in [0.2, 0.25) is 0 Å². The average molecular weight is 521 g/mol. The minimum atomic E-state index is -0.611. The summed E-state index contributed by atoms with van der Waals surface area (Å²) in [5.41, 5.74) is 3.18. The fraction of sp³-hybridized carbons (Fsp3) is 0.0556. The summed E-state index contributed by atoms with van der Waals surface area (Å²) in [4.78, 5) is 10.1. The number of aliphatic imine (C=N–C) groups is 2. The second-order valence-electron chi connectivity index (χ2n) is 9.70. The molecule has 0 aliphatic heterocycles. The number of hydrogen-bond acceptors (Lipinski definition) is 4. The number of nitrogens with zero attached hydrogens (tertiary/aromatic N) is 2. The molecule has 40 heavy (non-hydrogen) atoms. The maximum atomic E-state index is 11.0. The smallest absolute Gasteiger partial charge is 0.121 e. The minimum Gasteiger partial charge on any atom is -0.508 e. The Morgan fingerprint density at radius 3 is 1.25 bits per heavy atom. The molecule has 0 bridgehead atoms. The first-order valence-electron chi connectivity index (χ1n) is 13.3. The van der Waals surface area contributed by atoms with Crippen LogP contribution in [0.2, 0.25) is 0 Å². The lowest BCUT2D eigenvalue weighted by Gasteiger charge is -2.23. The van der Waals surface area contributed by atoms with Gasteiger partial charge in [0, 0.05) is 34.7 Å². The van der Waals surface area contributed by atoms with Crippen molar-refractivity contribution in [1.82, 2.24) is 0 Å². The first-order chi connectivity index (χ1) is 19.7. The molecule has 4 heteroatoms. The van der Waals surface area contributed by atoms with Crippen LogP contribution in [-0.2, 0) is 0 Å². The van der Waals surface area contributed by atoms with E-state index in [1.54, 1.807) is 24.3 Å². The molecule has 0 heterocycles. The van der Waals surface area contributed by atoms with E-state index < -0.39 is 12.1 Å². The lowest BCUT2D eigenvalue weighted by molar-refractivity contribution is 0.438. The molecule has 0 spiro atoms. The molecule has 0 aliphatic carbocycles. The largest absolute Gasteiger partial charge is 0.508 e. The normalized spacial score (nSPS) is 13.3. The van der Waals surface area contributed by atoms with Crippen LogP contribution in [0.4, 0.5) is 0 Å². The van der Waals surface area contributed by atoms with Crippen molar-refractivity contribution in [3.63, 3.8) is 0 Å². The zero-order valence-electron chi connectivity index (χ0n) is 21.8. The molecule has 0 saturated heterocycles. The standard InChI is InChI=1S/C36H28N2O2/c39-33-21-7-5-19-31(33)35(37-23-27-15-9-13-25-11-1-3-17-29(25)27)36(32-20-6-8-22-34(32)40)38-24-28-16-10-14-26-12-2-4-18-30(26)28/h1-24,35-36,39-40H. The third-order valence-electron chi connectivity index (χ3n) is 7.21. The molecular formula is C36H28N2O2. The van der Waals surface area contributed by atoms with Crippen LogP contribution < -0.4 is 0 Å². The van der Waals surface area contributed by atoms with E-state index >= 15 is 0 Å². The highest BCUT2D eigenvalue weighted by Gasteiger charge is 2.27. The second kappa shape index (κ2) is 11.3. The van der Waals surface area contributed by atoms with Crippen LogP contribution in [0.25, 0.3) is 21.5 Å². The first kappa shape index (κ1) is 25.1. The average Bonchev–Trinajstić information content (AvgIpc) is 3.00. The van der Waals surface area contributed by atoms with E-state index in [9.17, 15) is 10.2 Å². The Morgan fingerprint density at radius 1 is 0.425 bits per heavy atom. The first-order valence-corrected chi connectivity index (χ1v) is 13.3. The van der Waals surface area contributed by atoms with Crippen LogP contribution in [-0.4, -0.2) is 22.6 Å². The van der Waals surface area contributed by atoms with Crippen molar-refractivity contribution in [3.05, 3.63) is 156 Å². The third-order valence-corrected chi connectivity index (χ3v) is 7.21. The van der Waals surface area contributed by atoms with Crippen molar-refractivity contribution < 1.29 is 10.2 Å². The quantitative estimate of drug-likeness (QED) is 0.208. The number of rotatable bonds is 7. The molecule has 0 saturated carbocycles. The minimum absolute atomic E-state index is 0.128. The van der Waals surface area contributed by atoms with Crippen LogP contribution in [0.15, 0.2) is 143 Å². The van der Waals surface area contributed by atoms with Gasteiger partial charge in [-0.15, -0.1) is 0 Å². The van der Waals surface area contributed by atoms with Gasteiger partial charge in [-0.2, -0.15) is 0 Å². The van der Waals surface area contributed by atoms with Crippen molar-refractivity contribution in [2.75, 3.05) is 0 Å². The van der Waals surface area contributed by atoms with Crippen LogP contribution in [0.5, 0.6) is 11.5 Å². The number of phenolic OH excluding ortho intramolecular Hbond substituents is 2. The number of benzene rings is 6. The fourth-order valence-electron chi connectivity index (χ4n) is 5.19. The van der Waals surface area contributed by atoms with Crippen LogP contribution in [0.3, 0.4) is 0 Å². The van der Waals surface area contributed by atoms with Gasteiger partial charge in [0.05, 0.1) is 0 Å². The summed E-state index contributed by atoms with van der Waals surface area (Å²) in [6, 6.07) is 41.8. The van der Waals surface area contributed by atoms with Crippen LogP contribution in [0.1, 0.15) is 34.3 Å². The van der Waals surface area contributed by atoms with Gasteiger partial charge in [-0.3, -0.25) is 9.98 Å². The molecule has 2 N–H and O–H groups in total. The number of fused-ring (bicyclic) bond motifs is 2. The van der Waals surface area contributed by atoms with Gasteiger partial charge in [-0.1, -0.05) is 121 Å². The van der Waals surface area contributed by atoms with Gasteiger partial charge in [0.1, 0.15) is 23.6 Å². The van der Waals surface area contributed by atoms with Crippen molar-refractivity contribution >= 4 is 34.0 Å². The van der Waals surface area contributed by atoms with Gasteiger partial charge >= 0.3 is 0 Å². The van der Waals surface area contributed by atoms with Crippen LogP contribution in [0, 0.1) is 0 Å². The summed E-state index contributed by atoms with van der Waals surface area (Å²) in [6.45, 7) is 0. The predicted molar refractivity (Wildman–Crippen MR) is 165 cm³/mol. The zero-order chi connectivity index (χ0) is 27.3. The molecule has 2 atom stereocenters. The predicted octanol–water partition coefficient (Wildman–Crippen LogP) is 8.42. The Balaban J connectivity index is 1.52. The highest BCUT2D eigenvalue weighted by Crippen LogP contribution is 2.42. The molecule has 0 fully saturated rings. The van der Waals surface area contributed by atoms with E-state index in [0.29, 0.717) is 11.1 Å². The number of phenols is 2. The van der Waals surface area contributed by atoms with E-state index in [4.69, 9.17) is 9.98 Å². The van der Waals surface area contributed by atoms with Crippen molar-refractivity contribution in [2.45, 2.75) is 12.1 Å². The highest BCUT2D eigenvalue weighted by molar-refractivity contribution is 6.00. The molecular weight excluding hydrogens is 492 g/mol. The summed E-state index contributed by atoms with van der Waals surface area (Å²) in [7, 11) is 0. The zero-order valence-corrected chi connectivity index (χ0v) is 21.8. The molecule has 0 aromatic heterocycles. The number of aromatic hydroxyl groups is 2. The Labute approximate surface area is 233 Å². The molecule has 0 radical (unpaired) electrons. The summed E-state index contributed by atoms with van der Waals surface area (Å²) in [6.07, 6.45) is 3.69. The Bertz CT molecular complexity index is 1710. The van der Waals surface area contributed by atoms with E-state index in [1.807, 2.05) is 85.2 Å². The fourth-order valence-corrected chi connectivity index (χ4v) is 5.19. The Hall–Kier alpha value is -5.22. The second-order valence-corrected chi connectivity index (χ2v) is 9.70. The summed E-state index contributed by atoms with van der Waals surface area (Å²) in [5, 5.41) is 26.3. The van der Waals surface area contributed by atoms with Gasteiger partial charge in [0.15, 0.2) is 0 Å². The molecule has 6 aromatic carbocycles. The van der Waals surface area contributed by atoms with Crippen molar-refractivity contribution in [3.8, 4) is 11.5 Å². The SMILES string of the molecule is Oc1ccccc1C(N=Cc1cccc2ccccc12)C(N=Cc1cccc2ccccc12)c1ccccc1O. The molecule has 4 nitrogen and oxygen atoms in total. The van der Waals surface area contributed by atoms with Crippen LogP contribution >= 0.6 is 0 Å². The van der Waals surface area contributed by atoms with E-state index in [0.717, 1.165) is 32.7 Å². The van der Waals surface area contributed by atoms with E-state index in [1.165, 1.54) is 0 Å². The number of hydrogen-bond donors (Lipinski definition) is 2. The summed E-state index contributed by atoms with van der Waals surface area (Å²) in [5.74, 6) is 0.256. The lowest BCUT2D eigenvalue weighted by atomic mass is 9.92. The van der Waals surface area contributed by atoms with Gasteiger partial charge in [-0.05, 0) is 33.7 Å². The topological polar surface area (TPSA) is 65.2 Å². The number of para-hydroxylation sites is 2. The molecule has 2 unspecified atom stereocenters. The lowest BCUT2D eigenvalue weighted by Crippen LogP contribution is -2.10. The molecule has 6 rings (SSSR count). The molecule has 6 aromatic rings. The van der Waals surface area contributed by atoms with Gasteiger partial charge < -0.3 is 10.2 Å². The molecule has 194 valence electrons. The monoisotopic (exact) mass is 520 g/mol. The third kappa shape index (κ3) is 5.07. The Kier molecular flexibility index (Phi) is 7.06. The Morgan fingerprint density at radius 2 is 0.800 bits per heavy atom. The van der Waals surface area contributed by atoms with Crippen molar-refractivity contribution in [2.24, 2.45) is 9.98 Å². The summed E-state index contributed by atoms with van der Waals surface area (Å²) < 4.78 is 0. The molecule has 0 aliphatic rings. The summed E-state index contributed by atoms with van der Waals surface area (Å²) >= 11 is 0.